The molecule has 0 spiro atoms. The third kappa shape index (κ3) is 154. The van der Waals surface area contributed by atoms with Crippen molar-refractivity contribution in [1.29, 1.82) is 6.69 Å². The lowest BCUT2D eigenvalue weighted by molar-refractivity contribution is 1.51. The third-order valence-electron chi connectivity index (χ3n) is 0. The molecule has 0 saturated heterocycles. The SMILES string of the molecule is [3H][P-]C(=N)N. The Labute approximate surface area is 28.4 Å². The molecule has 0 amide bonds. The zero-order valence-electron chi connectivity index (χ0n) is 3.02. The van der Waals surface area contributed by atoms with E-state index in [4.69, 9.17) is 6.69 Å². The van der Waals surface area contributed by atoms with Gasteiger partial charge in [-0.1, -0.05) is 5.58 Å². The van der Waals surface area contributed by atoms with E-state index in [-0.39, 0.29) is 14.8 Å². The highest BCUT2D eigenvalue weighted by Crippen LogP contribution is 1.66. The first-order chi connectivity index (χ1) is 2.27. The van der Waals surface area contributed by atoms with Crippen LogP contribution in [0.15, 0.2) is 0 Å². The Bertz CT molecular complexity index is 44.9. The average molecular weight is 77.0 g/mol. The minimum Gasteiger partial charge on any atom is -0.486 e. The highest BCUT2D eigenvalue weighted by atomic mass is 31.0. The van der Waals surface area contributed by atoms with Gasteiger partial charge in [0.1, 0.15) is 0 Å². The summed E-state index contributed by atoms with van der Waals surface area (Å²) >= 11 is 0. The van der Waals surface area contributed by atoms with Gasteiger partial charge in [-0.25, -0.2) is 1.28 Å². The fourth-order valence-electron chi connectivity index (χ4n) is 0. The molecule has 0 atom stereocenters. The molecule has 0 aromatic carbocycles. The molecule has 0 aliphatic rings. The van der Waals surface area contributed by atoms with Crippen LogP contribution in [-0.2, 0) is 0 Å². The highest BCUT2D eigenvalue weighted by molar-refractivity contribution is 7.40. The molecule has 0 saturated carbocycles. The third-order valence-corrected chi connectivity index (χ3v) is 0. The summed E-state index contributed by atoms with van der Waals surface area (Å²) in [5, 5.41) is 6.32. The molecule has 0 fully saturated rings. The van der Waals surface area contributed by atoms with Gasteiger partial charge in [0.05, 0.1) is 0 Å². The lowest BCUT2D eigenvalue weighted by Gasteiger charge is -1.84. The lowest BCUT2D eigenvalue weighted by Crippen LogP contribution is -1.95. The molecule has 0 unspecified atom stereocenters. The fraction of sp³-hybridized carbons (Fsp3) is 0. The Morgan fingerprint density at radius 3 is 2.75 bits per heavy atom. The van der Waals surface area contributed by atoms with E-state index in [1.54, 1.807) is 0 Å². The minimum atomic E-state index is -0.106. The van der Waals surface area contributed by atoms with E-state index in [9.17, 15) is 0 Å². The normalized spacial score (nSPS) is 12.5. The van der Waals surface area contributed by atoms with Crippen LogP contribution in [0.3, 0.4) is 0 Å². The van der Waals surface area contributed by atoms with Crippen LogP contribution >= 0.6 is 9.18 Å². The fourth-order valence-corrected chi connectivity index (χ4v) is 0. The van der Waals surface area contributed by atoms with Crippen LogP contribution in [0, 0.1) is 5.41 Å². The molecule has 0 heterocycles. The van der Waals surface area contributed by atoms with Gasteiger partial charge >= 0.3 is 0 Å². The number of amidine groups is 1. The van der Waals surface area contributed by atoms with Gasteiger partial charge in [0.2, 0.25) is 0 Å². The molecule has 0 rings (SSSR count). The van der Waals surface area contributed by atoms with E-state index in [2.05, 4.69) is 5.73 Å². The van der Waals surface area contributed by atoms with Gasteiger partial charge < -0.3 is 20.3 Å². The summed E-state index contributed by atoms with van der Waals surface area (Å²) in [5.41, 5.74) is 4.57. The van der Waals surface area contributed by atoms with Gasteiger partial charge in [0.25, 0.3) is 0 Å². The van der Waals surface area contributed by atoms with Gasteiger partial charge in [-0.2, -0.15) is 0 Å². The van der Waals surface area contributed by atoms with E-state index >= 15 is 0 Å². The first-order valence-corrected chi connectivity index (χ1v) is 1.21. The smallest absolute Gasteiger partial charge is 0.0727 e. The van der Waals surface area contributed by atoms with Crippen LogP contribution in [-0.4, -0.2) is 6.86 Å². The number of hydrogen-bond acceptors (Lipinski definition) is 1. The molecular formula is CH4N2P-. The van der Waals surface area contributed by atoms with Crippen molar-refractivity contribution >= 4 is 14.8 Å². The Balaban J connectivity index is 2.85. The number of nitrogens with two attached hydrogens (primary N) is 1. The lowest BCUT2D eigenvalue weighted by atomic mass is 11.4. The van der Waals surface area contributed by atoms with Crippen LogP contribution in [0.5, 0.6) is 0 Å². The van der Waals surface area contributed by atoms with Crippen LogP contribution in [0.1, 0.15) is 0 Å². The molecule has 3 N–H and O–H groups in total. The molecule has 0 aromatic rings. The van der Waals surface area contributed by atoms with E-state index in [0.29, 0.717) is 0 Å². The summed E-state index contributed by atoms with van der Waals surface area (Å²) in [6, 6.07) is 0. The maximum atomic E-state index is 6.32. The van der Waals surface area contributed by atoms with Gasteiger partial charge in [-0.05, 0) is 0 Å². The summed E-state index contributed by atoms with van der Waals surface area (Å²) in [6.45, 7) is 0. The Kier molecular flexibility index (Phi) is 0.671. The zero-order chi connectivity index (χ0) is 4.28. The standard InChI is InChI=1S/CH4N2P/c2-1(3)4/h4H,(H3,2,3)/q-1/i4T. The summed E-state index contributed by atoms with van der Waals surface area (Å²) in [7, 11) is 0.108. The first kappa shape index (κ1) is 2.16. The van der Waals surface area contributed by atoms with Crippen LogP contribution in [0.4, 0.5) is 0 Å². The van der Waals surface area contributed by atoms with Crippen molar-refractivity contribution in [3.8, 4) is 0 Å². The van der Waals surface area contributed by atoms with Crippen LogP contribution < -0.4 is 5.73 Å². The van der Waals surface area contributed by atoms with Crippen molar-refractivity contribution in [2.75, 3.05) is 0 Å². The van der Waals surface area contributed by atoms with Crippen molar-refractivity contribution in [2.45, 2.75) is 0 Å². The van der Waals surface area contributed by atoms with E-state index in [1.165, 1.54) is 0 Å². The quantitative estimate of drug-likeness (QED) is 0.259. The van der Waals surface area contributed by atoms with E-state index < -0.39 is 0 Å². The second kappa shape index (κ2) is 1.24. The summed E-state index contributed by atoms with van der Waals surface area (Å²) in [4.78, 5) is 0. The molecule has 4 heavy (non-hydrogen) atoms. The molecule has 0 radical (unpaired) electrons. The van der Waals surface area contributed by atoms with E-state index in [1.807, 2.05) is 0 Å². The molecule has 24 valence electrons. The average Bonchev–Trinajstić information content (AvgIpc) is 1.38. The van der Waals surface area contributed by atoms with Gasteiger partial charge in [-0.3, -0.25) is 0 Å². The second-order valence-corrected chi connectivity index (χ2v) is 0.867. The topological polar surface area (TPSA) is 49.9 Å². The summed E-state index contributed by atoms with van der Waals surface area (Å²) < 4.78 is 6.28. The predicted octanol–water partition coefficient (Wildman–Crippen LogP) is 0.0227. The number of rotatable bonds is 1. The molecule has 0 bridgehead atoms. The molecule has 0 aliphatic heterocycles. The minimum absolute atomic E-state index is 0.106. The van der Waals surface area contributed by atoms with Gasteiger partial charge in [0, 0.05) is 0 Å². The Hall–Kier alpha value is -0.100. The molecule has 0 aromatic heterocycles. The maximum absolute atomic E-state index is 6.32. The predicted molar refractivity (Wildman–Crippen MR) is 20.2 cm³/mol. The van der Waals surface area contributed by atoms with Crippen molar-refractivity contribution in [3.05, 3.63) is 0 Å². The molecule has 2 nitrogen and oxygen atoms in total. The van der Waals surface area contributed by atoms with Crippen molar-refractivity contribution < 1.29 is 0 Å². The monoisotopic (exact) mass is 77.0 g/mol. The highest BCUT2D eigenvalue weighted by Gasteiger charge is 1.34. The molecule has 3 heteroatoms. The summed E-state index contributed by atoms with van der Waals surface area (Å²) in [6.07, 6.45) is 0. The molecular weight excluding hydrogens is 71.0 g/mol. The summed E-state index contributed by atoms with van der Waals surface area (Å²) in [5.74, 6) is 0. The zero-order valence-corrected chi connectivity index (χ0v) is 2.92. The van der Waals surface area contributed by atoms with Crippen LogP contribution in [0.2, 0.25) is 0 Å². The van der Waals surface area contributed by atoms with Gasteiger partial charge in [-0.15, -0.1) is 0 Å². The first-order valence-electron chi connectivity index (χ1n) is 1.21. The van der Waals surface area contributed by atoms with Crippen molar-refractivity contribution in [3.63, 3.8) is 0 Å². The van der Waals surface area contributed by atoms with Crippen molar-refractivity contribution in [2.24, 2.45) is 5.73 Å². The van der Waals surface area contributed by atoms with Gasteiger partial charge in [0.15, 0.2) is 0 Å². The Morgan fingerprint density at radius 2 is 2.75 bits per heavy atom. The van der Waals surface area contributed by atoms with Crippen molar-refractivity contribution in [1.82, 2.24) is 0 Å². The molecule has 0 aliphatic carbocycles. The Morgan fingerprint density at radius 1 is 2.50 bits per heavy atom. The largest absolute Gasteiger partial charge is 0.486 e. The second-order valence-electron chi connectivity index (χ2n) is 0.385. The number of hydrogen-bond donors (Lipinski definition) is 2. The number of nitrogens with one attached hydrogen (secondary N) is 1. The van der Waals surface area contributed by atoms with E-state index in [0.717, 1.165) is 0 Å². The van der Waals surface area contributed by atoms with Crippen LogP contribution in [0.25, 0.3) is 0 Å². The maximum Gasteiger partial charge on any atom is -0.0727 e.